The quantitative estimate of drug-likeness (QED) is 0.258. The van der Waals surface area contributed by atoms with Gasteiger partial charge in [-0.05, 0) is 94.3 Å². The summed E-state index contributed by atoms with van der Waals surface area (Å²) >= 11 is -0.113. The summed E-state index contributed by atoms with van der Waals surface area (Å²) in [5, 5.41) is 10.1. The molecule has 1 saturated heterocycles. The number of nitrogens with one attached hydrogen (secondary N) is 2. The third kappa shape index (κ3) is 5.08. The lowest BCUT2D eigenvalue weighted by atomic mass is 10.0. The average molecular weight is 644 g/mol. The Bertz CT molecular complexity index is 1830. The van der Waals surface area contributed by atoms with Crippen molar-refractivity contribution in [1.82, 2.24) is 25.1 Å². The highest BCUT2D eigenvalue weighted by molar-refractivity contribution is 14.2. The van der Waals surface area contributed by atoms with Crippen molar-refractivity contribution in [3.8, 4) is 22.6 Å². The second-order valence-electron chi connectivity index (χ2n) is 10.6. The van der Waals surface area contributed by atoms with E-state index in [9.17, 15) is 4.39 Å². The number of para-hydroxylation sites is 1. The number of hydrogen-bond acceptors (Lipinski definition) is 3. The average Bonchev–Trinajstić information content (AvgIpc) is 3.73. The summed E-state index contributed by atoms with van der Waals surface area (Å²) in [6.45, 7) is 3.49. The van der Waals surface area contributed by atoms with Gasteiger partial charge in [0.2, 0.25) is 0 Å². The zero-order valence-electron chi connectivity index (χ0n) is 22.3. The number of imidazole rings is 1. The van der Waals surface area contributed by atoms with Gasteiger partial charge in [0, 0.05) is 22.9 Å². The van der Waals surface area contributed by atoms with E-state index in [-0.39, 0.29) is 26.5 Å². The van der Waals surface area contributed by atoms with E-state index in [1.807, 2.05) is 24.3 Å². The number of aromatic nitrogens is 4. The number of nitrogens with zero attached hydrogens (tertiary/aromatic N) is 3. The van der Waals surface area contributed by atoms with E-state index in [4.69, 9.17) is 10.1 Å². The molecule has 0 spiro atoms. The summed E-state index contributed by atoms with van der Waals surface area (Å²) in [7, 11) is 0. The van der Waals surface area contributed by atoms with Gasteiger partial charge < -0.3 is 4.98 Å². The highest BCUT2D eigenvalue weighted by atomic mass is 127. The zero-order chi connectivity index (χ0) is 26.9. The maximum atomic E-state index is 14.7. The third-order valence-electron chi connectivity index (χ3n) is 7.82. The molecule has 7 heteroatoms. The smallest absolute Gasteiger partial charge is 0.159 e. The number of aromatic amines is 2. The molecule has 1 aliphatic carbocycles. The van der Waals surface area contributed by atoms with Crippen molar-refractivity contribution in [3.63, 3.8) is 0 Å². The van der Waals surface area contributed by atoms with E-state index in [1.54, 1.807) is 12.1 Å². The molecule has 0 bridgehead atoms. The molecule has 0 atom stereocenters. The Labute approximate surface area is 242 Å². The molecule has 1 fully saturated rings. The van der Waals surface area contributed by atoms with Crippen molar-refractivity contribution in [2.75, 3.05) is 19.6 Å². The first kappa shape index (κ1) is 25.5. The summed E-state index contributed by atoms with van der Waals surface area (Å²) in [5.41, 5.74) is 7.75. The van der Waals surface area contributed by atoms with E-state index in [0.717, 1.165) is 58.7 Å². The van der Waals surface area contributed by atoms with Crippen molar-refractivity contribution in [2.45, 2.75) is 32.1 Å². The van der Waals surface area contributed by atoms with Crippen LogP contribution in [0.25, 0.3) is 45.8 Å². The van der Waals surface area contributed by atoms with Crippen LogP contribution in [0.1, 0.15) is 32.1 Å². The number of halogens is 2. The van der Waals surface area contributed by atoms with Gasteiger partial charge in [-0.15, -0.1) is 0 Å². The molecule has 40 heavy (non-hydrogen) atoms. The minimum Gasteiger partial charge on any atom is -0.337 e. The molecule has 4 heterocycles. The third-order valence-corrected chi connectivity index (χ3v) is 10.0. The van der Waals surface area contributed by atoms with Gasteiger partial charge in [0.05, 0.1) is 16.4 Å². The van der Waals surface area contributed by atoms with Gasteiger partial charge in [0.1, 0.15) is 11.5 Å². The van der Waals surface area contributed by atoms with Crippen LogP contribution in [0.15, 0.2) is 75.4 Å². The lowest BCUT2D eigenvalue weighted by Gasteiger charge is -2.17. The maximum absolute atomic E-state index is 14.7. The van der Waals surface area contributed by atoms with Gasteiger partial charge in [-0.3, -0.25) is 10.00 Å². The molecule has 3 aliphatic rings. The summed E-state index contributed by atoms with van der Waals surface area (Å²) in [5.74, 6) is 0.430. The lowest BCUT2D eigenvalue weighted by molar-refractivity contribution is 0.373. The number of fused-ring (bicyclic) bond motifs is 2. The molecule has 2 aromatic carbocycles. The normalized spacial score (nSPS) is 20.9. The molecule has 0 saturated carbocycles. The van der Waals surface area contributed by atoms with Gasteiger partial charge >= 0.3 is 0 Å². The molecule has 2 aromatic heterocycles. The lowest BCUT2D eigenvalue weighted by Crippen LogP contribution is -2.24. The molecule has 202 valence electrons. The Morgan fingerprint density at radius 3 is 2.65 bits per heavy atom. The van der Waals surface area contributed by atoms with Gasteiger partial charge in [0.25, 0.3) is 0 Å². The molecule has 0 amide bonds. The summed E-state index contributed by atoms with van der Waals surface area (Å²) in [4.78, 5) is 11.0. The van der Waals surface area contributed by atoms with Gasteiger partial charge in [-0.1, -0.05) is 63.2 Å². The number of allylic oxidation sites excluding steroid dienone is 4. The maximum Gasteiger partial charge on any atom is 0.159 e. The second kappa shape index (κ2) is 11.2. The topological polar surface area (TPSA) is 60.6 Å². The number of hydrogen-bond donors (Lipinski definition) is 2. The Hall–Kier alpha value is -3.43. The first-order valence-electron chi connectivity index (χ1n) is 14.0. The predicted octanol–water partition coefficient (Wildman–Crippen LogP) is 6.12. The second-order valence-corrected chi connectivity index (χ2v) is 12.6. The first-order valence-corrected chi connectivity index (χ1v) is 16.5. The van der Waals surface area contributed by atoms with E-state index in [0.29, 0.717) is 11.4 Å². The van der Waals surface area contributed by atoms with Gasteiger partial charge in [-0.25, -0.2) is 9.37 Å². The molecular formula is C33H31FIN5. The molecule has 2 aliphatic heterocycles. The largest absolute Gasteiger partial charge is 0.337 e. The van der Waals surface area contributed by atoms with Crippen molar-refractivity contribution in [2.24, 2.45) is 0 Å². The Morgan fingerprint density at radius 1 is 0.900 bits per heavy atom. The van der Waals surface area contributed by atoms with Crippen LogP contribution in [-0.2, 0) is 0 Å². The van der Waals surface area contributed by atoms with Crippen molar-refractivity contribution < 1.29 is 4.39 Å². The van der Waals surface area contributed by atoms with Crippen LogP contribution >= 0.6 is 20.7 Å². The zero-order valence-corrected chi connectivity index (χ0v) is 24.4. The number of likely N-dealkylation sites (tertiary alicyclic amines) is 1. The standard InChI is InChI=1S/C33H31FIN5/c34-28-12-5-4-10-25(28)26-11-8-14-30-31(26)37-33(36-30)32-27-18-23(9-2-1-3-13-29(27)38-39-32)24-17-22(19-35-20-24)21-40-15-6-7-16-40/h4-5,8-14,17-20,38H,1-3,6-7,15-16,21H2,(H,36,37)/b23-9+,27-18-,29-13+. The fraction of sp³-hybridized carbons (Fsp3) is 0.242. The monoisotopic (exact) mass is 643 g/mol. The predicted molar refractivity (Wildman–Crippen MR) is 171 cm³/mol. The van der Waals surface area contributed by atoms with Crippen LogP contribution in [0.3, 0.4) is 0 Å². The van der Waals surface area contributed by atoms with Crippen LogP contribution in [0, 0.1) is 5.82 Å². The van der Waals surface area contributed by atoms with Crippen molar-refractivity contribution in [1.29, 1.82) is 0 Å². The first-order chi connectivity index (χ1) is 19.7. The van der Waals surface area contributed by atoms with E-state index in [1.165, 1.54) is 48.7 Å². The Balaban J connectivity index is 1.31. The molecular weight excluding hydrogens is 612 g/mol. The number of H-pyrrole nitrogens is 2. The molecule has 2 N–H and O–H groups in total. The van der Waals surface area contributed by atoms with Gasteiger partial charge in [0.15, 0.2) is 5.82 Å². The molecule has 4 aromatic rings. The molecule has 0 unspecified atom stereocenters. The van der Waals surface area contributed by atoms with E-state index >= 15 is 0 Å². The Morgan fingerprint density at radius 2 is 1.75 bits per heavy atom. The fourth-order valence-electron chi connectivity index (χ4n) is 5.79. The van der Waals surface area contributed by atoms with Crippen LogP contribution in [-0.4, -0.2) is 48.7 Å². The van der Waals surface area contributed by atoms with Crippen LogP contribution in [0.2, 0.25) is 0 Å². The van der Waals surface area contributed by atoms with Crippen molar-refractivity contribution >= 4 is 47.9 Å². The minimum atomic E-state index is -0.253. The Kier molecular flexibility index (Phi) is 7.16. The van der Waals surface area contributed by atoms with Gasteiger partial charge in [-0.2, -0.15) is 5.10 Å². The summed E-state index contributed by atoms with van der Waals surface area (Å²) in [6.07, 6.45) is 15.1. The van der Waals surface area contributed by atoms with Crippen molar-refractivity contribution in [3.05, 3.63) is 91.8 Å². The minimum absolute atomic E-state index is 0.113. The summed E-state index contributed by atoms with van der Waals surface area (Å²) in [6, 6.07) is 12.7. The van der Waals surface area contributed by atoms with E-state index < -0.39 is 0 Å². The summed E-state index contributed by atoms with van der Waals surface area (Å²) < 4.78 is 19.6. The van der Waals surface area contributed by atoms with Crippen LogP contribution in [0.5, 0.6) is 0 Å². The van der Waals surface area contributed by atoms with Crippen LogP contribution in [0.4, 0.5) is 4.39 Å². The number of benzene rings is 2. The highest BCUT2D eigenvalue weighted by Crippen LogP contribution is 2.31. The van der Waals surface area contributed by atoms with Crippen LogP contribution < -0.4 is 10.6 Å². The van der Waals surface area contributed by atoms with E-state index in [2.05, 4.69) is 47.4 Å². The fourth-order valence-corrected chi connectivity index (χ4v) is 7.74. The number of rotatable bonds is 5. The SMILES string of the molecule is Fc1ccccc1-c1cccc2[nH]c(-c3n[nH]c4/c3=C/C(C3=CI=CC(CN5CCCC5)=C3)=C\CCC\C=4)nc12. The highest BCUT2D eigenvalue weighted by Gasteiger charge is 2.17. The molecule has 5 nitrogen and oxygen atoms in total. The molecule has 0 radical (unpaired) electrons. The molecule has 7 rings (SSSR count).